The number of rotatable bonds is 5. The van der Waals surface area contributed by atoms with Gasteiger partial charge in [0, 0.05) is 19.3 Å². The molecule has 0 amide bonds. The van der Waals surface area contributed by atoms with Crippen LogP contribution in [0.3, 0.4) is 0 Å². The summed E-state index contributed by atoms with van der Waals surface area (Å²) < 4.78 is 4.16. The molecule has 14 nitrogen and oxygen atoms in total. The van der Waals surface area contributed by atoms with Crippen LogP contribution < -0.4 is 11.3 Å². The van der Waals surface area contributed by atoms with E-state index in [1.165, 1.54) is 19.9 Å². The van der Waals surface area contributed by atoms with Gasteiger partial charge in [-0.05, 0) is 40.3 Å². The number of nitrogens with two attached hydrogens (primary N) is 1. The SMILES string of the molecule is [C-]#[N+]c1cccc(-c2nc(N)n3nc(Cn4nnnc4-c4ccccn4)nc3c2-c2ccc(=O)n(C)n2)c1. The standard InChI is InChI=1S/C24H17N13O/c1-26-15-7-5-6-14(12-15)21-20(16-9-10-19(38)35(2)31-16)23-28-18(32-37(23)24(25)29-21)13-36-22(30-33-34-36)17-8-3-4-11-27-17/h3-12H,13H2,2H3,(H2,25,29). The van der Waals surface area contributed by atoms with Gasteiger partial charge in [-0.2, -0.15) is 9.61 Å². The fourth-order valence-corrected chi connectivity index (χ4v) is 3.99. The molecule has 5 aromatic heterocycles. The van der Waals surface area contributed by atoms with Gasteiger partial charge < -0.3 is 5.73 Å². The van der Waals surface area contributed by atoms with Crippen LogP contribution in [0.5, 0.6) is 0 Å². The zero-order valence-corrected chi connectivity index (χ0v) is 19.8. The minimum absolute atomic E-state index is 0.0807. The Morgan fingerprint density at radius 2 is 1.92 bits per heavy atom. The fourth-order valence-electron chi connectivity index (χ4n) is 3.99. The van der Waals surface area contributed by atoms with Crippen molar-refractivity contribution in [3.05, 3.63) is 88.4 Å². The van der Waals surface area contributed by atoms with Crippen LogP contribution in [-0.2, 0) is 13.6 Å². The van der Waals surface area contributed by atoms with Crippen molar-refractivity contribution in [3.8, 4) is 34.0 Å². The van der Waals surface area contributed by atoms with Gasteiger partial charge in [-0.1, -0.05) is 24.3 Å². The van der Waals surface area contributed by atoms with Crippen LogP contribution in [0.1, 0.15) is 5.82 Å². The summed E-state index contributed by atoms with van der Waals surface area (Å²) in [6, 6.07) is 15.4. The normalized spacial score (nSPS) is 11.1. The number of benzene rings is 1. The van der Waals surface area contributed by atoms with Crippen LogP contribution >= 0.6 is 0 Å². The molecule has 0 radical (unpaired) electrons. The Morgan fingerprint density at radius 3 is 2.71 bits per heavy atom. The van der Waals surface area contributed by atoms with E-state index in [-0.39, 0.29) is 18.1 Å². The number of tetrazole rings is 1. The van der Waals surface area contributed by atoms with Gasteiger partial charge in [0.05, 0.1) is 23.5 Å². The summed E-state index contributed by atoms with van der Waals surface area (Å²) in [7, 11) is 1.55. The average molecular weight is 503 g/mol. The van der Waals surface area contributed by atoms with Crippen LogP contribution in [0.4, 0.5) is 11.6 Å². The second-order valence-electron chi connectivity index (χ2n) is 8.17. The van der Waals surface area contributed by atoms with Crippen molar-refractivity contribution in [1.82, 2.24) is 54.6 Å². The number of anilines is 1. The molecule has 38 heavy (non-hydrogen) atoms. The molecule has 5 heterocycles. The van der Waals surface area contributed by atoms with Gasteiger partial charge in [0.1, 0.15) is 12.2 Å². The molecule has 14 heteroatoms. The molecule has 0 fully saturated rings. The lowest BCUT2D eigenvalue weighted by atomic mass is 10.0. The van der Waals surface area contributed by atoms with Crippen molar-refractivity contribution >= 4 is 17.3 Å². The molecule has 6 aromatic rings. The lowest BCUT2D eigenvalue weighted by Gasteiger charge is -2.12. The molecular formula is C24H17N13O. The molecule has 0 saturated carbocycles. The lowest BCUT2D eigenvalue weighted by Crippen LogP contribution is -2.18. The number of hydrogen-bond acceptors (Lipinski definition) is 10. The zero-order valence-electron chi connectivity index (χ0n) is 19.8. The van der Waals surface area contributed by atoms with E-state index in [1.807, 2.05) is 12.1 Å². The Kier molecular flexibility index (Phi) is 5.35. The summed E-state index contributed by atoms with van der Waals surface area (Å²) in [4.78, 5) is 29.2. The van der Waals surface area contributed by atoms with Gasteiger partial charge in [-0.25, -0.2) is 24.2 Å². The van der Waals surface area contributed by atoms with Crippen LogP contribution in [-0.4, -0.2) is 54.6 Å². The summed E-state index contributed by atoms with van der Waals surface area (Å²) >= 11 is 0. The highest BCUT2D eigenvalue weighted by Gasteiger charge is 2.22. The van der Waals surface area contributed by atoms with Crippen molar-refractivity contribution in [2.45, 2.75) is 6.54 Å². The van der Waals surface area contributed by atoms with Crippen molar-refractivity contribution in [2.24, 2.45) is 7.05 Å². The fraction of sp³-hybridized carbons (Fsp3) is 0.0833. The molecular weight excluding hydrogens is 486 g/mol. The van der Waals surface area contributed by atoms with Gasteiger partial charge in [0.2, 0.25) is 11.8 Å². The summed E-state index contributed by atoms with van der Waals surface area (Å²) in [5, 5.41) is 20.9. The third-order valence-corrected chi connectivity index (χ3v) is 5.74. The number of nitrogens with zero attached hydrogens (tertiary/aromatic N) is 12. The van der Waals surface area contributed by atoms with Gasteiger partial charge in [0.25, 0.3) is 5.56 Å². The molecule has 0 aliphatic carbocycles. The van der Waals surface area contributed by atoms with E-state index in [2.05, 4.69) is 40.5 Å². The van der Waals surface area contributed by atoms with Gasteiger partial charge >= 0.3 is 0 Å². The smallest absolute Gasteiger partial charge is 0.266 e. The molecule has 0 bridgehead atoms. The van der Waals surface area contributed by atoms with Gasteiger partial charge in [-0.3, -0.25) is 9.78 Å². The van der Waals surface area contributed by atoms with Gasteiger partial charge in [0.15, 0.2) is 17.2 Å². The monoisotopic (exact) mass is 503 g/mol. The van der Waals surface area contributed by atoms with Crippen molar-refractivity contribution in [2.75, 3.05) is 5.73 Å². The van der Waals surface area contributed by atoms with E-state index in [9.17, 15) is 4.79 Å². The number of aryl methyl sites for hydroxylation is 1. The Balaban J connectivity index is 1.55. The summed E-state index contributed by atoms with van der Waals surface area (Å²) in [6.07, 6.45) is 1.65. The zero-order chi connectivity index (χ0) is 26.2. The van der Waals surface area contributed by atoms with Crippen molar-refractivity contribution in [3.63, 3.8) is 0 Å². The summed E-state index contributed by atoms with van der Waals surface area (Å²) in [5.74, 6) is 0.894. The number of aromatic nitrogens is 11. The second kappa shape index (κ2) is 8.99. The predicted molar refractivity (Wildman–Crippen MR) is 136 cm³/mol. The van der Waals surface area contributed by atoms with Crippen LogP contribution in [0, 0.1) is 6.57 Å². The summed E-state index contributed by atoms with van der Waals surface area (Å²) in [6.45, 7) is 7.53. The molecule has 0 spiro atoms. The Labute approximate surface area is 213 Å². The first-order valence-electron chi connectivity index (χ1n) is 11.3. The number of pyridine rings is 1. The van der Waals surface area contributed by atoms with E-state index in [0.29, 0.717) is 51.2 Å². The first-order valence-corrected chi connectivity index (χ1v) is 11.3. The molecule has 0 aliphatic rings. The predicted octanol–water partition coefficient (Wildman–Crippen LogP) is 1.78. The van der Waals surface area contributed by atoms with E-state index >= 15 is 0 Å². The van der Waals surface area contributed by atoms with Crippen LogP contribution in [0.2, 0.25) is 0 Å². The Morgan fingerprint density at radius 1 is 1.03 bits per heavy atom. The molecule has 0 unspecified atom stereocenters. The van der Waals surface area contributed by atoms with Crippen LogP contribution in [0.15, 0.2) is 65.6 Å². The molecule has 0 aliphatic heterocycles. The van der Waals surface area contributed by atoms with E-state index in [0.717, 1.165) is 0 Å². The largest absolute Gasteiger partial charge is 0.368 e. The van der Waals surface area contributed by atoms with Gasteiger partial charge in [-0.15, -0.1) is 10.2 Å². The van der Waals surface area contributed by atoms with E-state index in [4.69, 9.17) is 17.3 Å². The Hall–Kier alpha value is -5.84. The molecule has 2 N–H and O–H groups in total. The quantitative estimate of drug-likeness (QED) is 0.343. The number of hydrogen-bond donors (Lipinski definition) is 1. The van der Waals surface area contributed by atoms with Crippen molar-refractivity contribution < 1.29 is 0 Å². The highest BCUT2D eigenvalue weighted by Crippen LogP contribution is 2.35. The third-order valence-electron chi connectivity index (χ3n) is 5.74. The highest BCUT2D eigenvalue weighted by molar-refractivity contribution is 5.89. The topological polar surface area (TPSA) is 165 Å². The molecule has 0 atom stereocenters. The molecule has 184 valence electrons. The molecule has 6 rings (SSSR count). The van der Waals surface area contributed by atoms with Crippen molar-refractivity contribution in [1.29, 1.82) is 0 Å². The average Bonchev–Trinajstić information content (AvgIpc) is 3.58. The molecule has 1 aromatic carbocycles. The summed E-state index contributed by atoms with van der Waals surface area (Å²) in [5.41, 5.74) is 9.48. The lowest BCUT2D eigenvalue weighted by molar-refractivity contribution is 0.627. The maximum atomic E-state index is 12.1. The second-order valence-corrected chi connectivity index (χ2v) is 8.17. The van der Waals surface area contributed by atoms with E-state index in [1.54, 1.807) is 49.6 Å². The maximum Gasteiger partial charge on any atom is 0.266 e. The number of nitrogen functional groups attached to an aromatic ring is 1. The third kappa shape index (κ3) is 3.89. The minimum atomic E-state index is -0.271. The van der Waals surface area contributed by atoms with Crippen LogP contribution in [0.25, 0.3) is 44.5 Å². The molecule has 0 saturated heterocycles. The maximum absolute atomic E-state index is 12.1. The first-order chi connectivity index (χ1) is 18.5. The first kappa shape index (κ1) is 22.6. The van der Waals surface area contributed by atoms with E-state index < -0.39 is 0 Å². The highest BCUT2D eigenvalue weighted by atomic mass is 16.1. The Bertz CT molecular complexity index is 1910. The number of fused-ring (bicyclic) bond motifs is 1. The minimum Gasteiger partial charge on any atom is -0.368 e.